The minimum atomic E-state index is -0.0423. The van der Waals surface area contributed by atoms with Crippen LogP contribution in [0.2, 0.25) is 0 Å². The van der Waals surface area contributed by atoms with Gasteiger partial charge in [0.15, 0.2) is 0 Å². The summed E-state index contributed by atoms with van der Waals surface area (Å²) in [4.78, 5) is 14.8. The third-order valence-electron chi connectivity index (χ3n) is 2.29. The molecule has 0 aliphatic rings. The van der Waals surface area contributed by atoms with Crippen molar-refractivity contribution in [1.29, 1.82) is 0 Å². The highest BCUT2D eigenvalue weighted by molar-refractivity contribution is 5.86. The van der Waals surface area contributed by atoms with Gasteiger partial charge in [0.05, 0.1) is 11.6 Å². The average Bonchev–Trinajstić information content (AvgIpc) is 2.35. The molecule has 0 aliphatic heterocycles. The van der Waals surface area contributed by atoms with Gasteiger partial charge in [-0.1, -0.05) is 0 Å². The van der Waals surface area contributed by atoms with Crippen molar-refractivity contribution in [2.45, 2.75) is 13.8 Å². The first-order valence-corrected chi connectivity index (χ1v) is 4.12. The Balaban J connectivity index is 3.08. The van der Waals surface area contributed by atoms with Crippen LogP contribution in [0, 0.1) is 13.8 Å². The van der Waals surface area contributed by atoms with Crippen LogP contribution in [0.25, 0.3) is 10.8 Å². The van der Waals surface area contributed by atoms with E-state index < -0.39 is 0 Å². The molecule has 0 unspecified atom stereocenters. The summed E-state index contributed by atoms with van der Waals surface area (Å²) < 4.78 is 1.35. The standard InChI is InChI=1S/C9H11N3O/c1-5-7-4-10-12(3)9(13)8(7)6(2)11-5/h4,11H,1-3H3. The smallest absolute Gasteiger partial charge is 0.276 e. The van der Waals surface area contributed by atoms with E-state index in [4.69, 9.17) is 0 Å². The van der Waals surface area contributed by atoms with Crippen molar-refractivity contribution < 1.29 is 0 Å². The number of aromatic nitrogens is 3. The zero-order valence-electron chi connectivity index (χ0n) is 7.88. The van der Waals surface area contributed by atoms with Crippen LogP contribution in [0.3, 0.4) is 0 Å². The largest absolute Gasteiger partial charge is 0.361 e. The minimum Gasteiger partial charge on any atom is -0.361 e. The Labute approximate surface area is 75.2 Å². The van der Waals surface area contributed by atoms with Crippen LogP contribution in [0.4, 0.5) is 0 Å². The van der Waals surface area contributed by atoms with Gasteiger partial charge in [0.2, 0.25) is 0 Å². The fraction of sp³-hybridized carbons (Fsp3) is 0.333. The average molecular weight is 177 g/mol. The van der Waals surface area contributed by atoms with Gasteiger partial charge in [-0.05, 0) is 13.8 Å². The zero-order chi connectivity index (χ0) is 9.59. The van der Waals surface area contributed by atoms with Gasteiger partial charge in [-0.25, -0.2) is 4.68 Å². The third-order valence-corrected chi connectivity index (χ3v) is 2.29. The van der Waals surface area contributed by atoms with E-state index in [1.165, 1.54) is 4.68 Å². The van der Waals surface area contributed by atoms with Crippen LogP contribution in [-0.2, 0) is 7.05 Å². The molecule has 0 aromatic carbocycles. The van der Waals surface area contributed by atoms with Gasteiger partial charge in [-0.2, -0.15) is 5.10 Å². The summed E-state index contributed by atoms with van der Waals surface area (Å²) in [5, 5.41) is 5.63. The van der Waals surface area contributed by atoms with Gasteiger partial charge in [-0.3, -0.25) is 4.79 Å². The molecule has 4 nitrogen and oxygen atoms in total. The summed E-state index contributed by atoms with van der Waals surface area (Å²) >= 11 is 0. The molecule has 0 amide bonds. The fourth-order valence-electron chi connectivity index (χ4n) is 1.60. The van der Waals surface area contributed by atoms with E-state index in [2.05, 4.69) is 10.1 Å². The third kappa shape index (κ3) is 0.983. The molecule has 13 heavy (non-hydrogen) atoms. The number of aryl methyl sites for hydroxylation is 3. The number of aromatic amines is 1. The van der Waals surface area contributed by atoms with E-state index in [1.807, 2.05) is 13.8 Å². The highest BCUT2D eigenvalue weighted by Crippen LogP contribution is 2.16. The van der Waals surface area contributed by atoms with Crippen LogP contribution >= 0.6 is 0 Å². The van der Waals surface area contributed by atoms with Crippen molar-refractivity contribution in [2.24, 2.45) is 7.05 Å². The SMILES string of the molecule is Cc1[nH]c(C)c2c(=O)n(C)ncc12. The summed E-state index contributed by atoms with van der Waals surface area (Å²) in [6.07, 6.45) is 1.72. The van der Waals surface area contributed by atoms with E-state index in [0.717, 1.165) is 22.2 Å². The minimum absolute atomic E-state index is 0.0423. The summed E-state index contributed by atoms with van der Waals surface area (Å²) in [6, 6.07) is 0. The molecule has 0 aliphatic carbocycles. The van der Waals surface area contributed by atoms with Crippen molar-refractivity contribution in [3.8, 4) is 0 Å². The Kier molecular flexibility index (Phi) is 1.52. The van der Waals surface area contributed by atoms with Gasteiger partial charge >= 0.3 is 0 Å². The van der Waals surface area contributed by atoms with Crippen molar-refractivity contribution in [3.05, 3.63) is 27.9 Å². The van der Waals surface area contributed by atoms with Crippen molar-refractivity contribution in [2.75, 3.05) is 0 Å². The van der Waals surface area contributed by atoms with E-state index in [1.54, 1.807) is 13.2 Å². The lowest BCUT2D eigenvalue weighted by Gasteiger charge is -1.95. The lowest BCUT2D eigenvalue weighted by atomic mass is 10.2. The topological polar surface area (TPSA) is 50.7 Å². The number of nitrogens with one attached hydrogen (secondary N) is 1. The Morgan fingerprint density at radius 3 is 2.77 bits per heavy atom. The number of H-pyrrole nitrogens is 1. The Hall–Kier alpha value is -1.58. The summed E-state index contributed by atoms with van der Waals surface area (Å²) in [6.45, 7) is 3.84. The first-order valence-electron chi connectivity index (χ1n) is 4.12. The van der Waals surface area contributed by atoms with Crippen LogP contribution in [0.15, 0.2) is 11.0 Å². The van der Waals surface area contributed by atoms with Crippen LogP contribution in [0.1, 0.15) is 11.4 Å². The second-order valence-electron chi connectivity index (χ2n) is 3.24. The van der Waals surface area contributed by atoms with Crippen molar-refractivity contribution >= 4 is 10.8 Å². The maximum Gasteiger partial charge on any atom is 0.276 e. The van der Waals surface area contributed by atoms with E-state index in [-0.39, 0.29) is 5.56 Å². The second kappa shape index (κ2) is 2.45. The summed E-state index contributed by atoms with van der Waals surface area (Å²) in [5.74, 6) is 0. The van der Waals surface area contributed by atoms with Crippen LogP contribution < -0.4 is 5.56 Å². The molecule has 1 N–H and O–H groups in total. The highest BCUT2D eigenvalue weighted by Gasteiger charge is 2.08. The molecule has 2 aromatic rings. The lowest BCUT2D eigenvalue weighted by Crippen LogP contribution is -2.18. The Morgan fingerprint density at radius 1 is 1.38 bits per heavy atom. The molecule has 0 fully saturated rings. The number of fused-ring (bicyclic) bond motifs is 1. The van der Waals surface area contributed by atoms with Gasteiger partial charge in [-0.15, -0.1) is 0 Å². The molecule has 68 valence electrons. The van der Waals surface area contributed by atoms with Gasteiger partial charge in [0.1, 0.15) is 0 Å². The quantitative estimate of drug-likeness (QED) is 0.649. The predicted octanol–water partition coefficient (Wildman–Crippen LogP) is 0.878. The van der Waals surface area contributed by atoms with Crippen LogP contribution in [-0.4, -0.2) is 14.8 Å². The molecule has 4 heteroatoms. The number of hydrogen-bond acceptors (Lipinski definition) is 2. The normalized spacial score (nSPS) is 11.0. The van der Waals surface area contributed by atoms with E-state index in [0.29, 0.717) is 0 Å². The van der Waals surface area contributed by atoms with Crippen LogP contribution in [0.5, 0.6) is 0 Å². The molecule has 2 heterocycles. The number of rotatable bonds is 0. The number of nitrogens with zero attached hydrogens (tertiary/aromatic N) is 2. The van der Waals surface area contributed by atoms with Gasteiger partial charge in [0, 0.05) is 23.8 Å². The molecule has 0 atom stereocenters. The zero-order valence-corrected chi connectivity index (χ0v) is 7.88. The highest BCUT2D eigenvalue weighted by atomic mass is 16.1. The molecule has 2 rings (SSSR count). The lowest BCUT2D eigenvalue weighted by molar-refractivity contribution is 0.718. The van der Waals surface area contributed by atoms with Crippen molar-refractivity contribution in [3.63, 3.8) is 0 Å². The Morgan fingerprint density at radius 2 is 2.08 bits per heavy atom. The maximum absolute atomic E-state index is 11.6. The predicted molar refractivity (Wildman–Crippen MR) is 50.8 cm³/mol. The molecule has 0 saturated heterocycles. The first kappa shape index (κ1) is 8.04. The molecule has 0 saturated carbocycles. The first-order chi connectivity index (χ1) is 6.11. The van der Waals surface area contributed by atoms with Crippen molar-refractivity contribution in [1.82, 2.24) is 14.8 Å². The molecular formula is C9H11N3O. The van der Waals surface area contributed by atoms with E-state index in [9.17, 15) is 4.79 Å². The summed E-state index contributed by atoms with van der Waals surface area (Å²) in [5.41, 5.74) is 1.87. The molecule has 0 radical (unpaired) electrons. The molecule has 2 aromatic heterocycles. The maximum atomic E-state index is 11.6. The van der Waals surface area contributed by atoms with Gasteiger partial charge < -0.3 is 4.98 Å². The second-order valence-corrected chi connectivity index (χ2v) is 3.24. The van der Waals surface area contributed by atoms with E-state index >= 15 is 0 Å². The van der Waals surface area contributed by atoms with Gasteiger partial charge in [0.25, 0.3) is 5.56 Å². The molecule has 0 bridgehead atoms. The Bertz CT molecular complexity index is 521. The molecule has 0 spiro atoms. The monoisotopic (exact) mass is 177 g/mol. The summed E-state index contributed by atoms with van der Waals surface area (Å²) in [7, 11) is 1.66. The number of hydrogen-bond donors (Lipinski definition) is 1. The fourth-order valence-corrected chi connectivity index (χ4v) is 1.60. The molecular weight excluding hydrogens is 166 g/mol.